The highest BCUT2D eigenvalue weighted by atomic mass is 16.5. The zero-order valence-corrected chi connectivity index (χ0v) is 14.8. The number of carbonyl (C=O) groups excluding carboxylic acids is 1. The minimum Gasteiger partial charge on any atom is -0.379 e. The summed E-state index contributed by atoms with van der Waals surface area (Å²) in [7, 11) is 0. The maximum atomic E-state index is 12.9. The summed E-state index contributed by atoms with van der Waals surface area (Å²) >= 11 is 0. The zero-order valence-electron chi connectivity index (χ0n) is 14.8. The number of benzene rings is 1. The van der Waals surface area contributed by atoms with Gasteiger partial charge in [0.25, 0.3) is 5.91 Å². The van der Waals surface area contributed by atoms with Gasteiger partial charge in [-0.05, 0) is 44.0 Å². The van der Waals surface area contributed by atoms with Crippen LogP contribution >= 0.6 is 0 Å². The summed E-state index contributed by atoms with van der Waals surface area (Å²) in [5, 5.41) is 1.03. The topological polar surface area (TPSA) is 45.7 Å². The number of pyridine rings is 1. The Bertz CT molecular complexity index is 763. The van der Waals surface area contributed by atoms with Crippen molar-refractivity contribution in [1.29, 1.82) is 0 Å². The predicted molar refractivity (Wildman–Crippen MR) is 97.8 cm³/mol. The molecule has 0 aliphatic carbocycles. The van der Waals surface area contributed by atoms with E-state index < -0.39 is 0 Å². The predicted octanol–water partition coefficient (Wildman–Crippen LogP) is 2.48. The van der Waals surface area contributed by atoms with Crippen molar-refractivity contribution in [3.8, 4) is 0 Å². The van der Waals surface area contributed by atoms with Crippen LogP contribution in [-0.2, 0) is 4.74 Å². The summed E-state index contributed by atoms with van der Waals surface area (Å²) in [6, 6.07) is 10.5. The van der Waals surface area contributed by atoms with Crippen molar-refractivity contribution in [1.82, 2.24) is 14.8 Å². The van der Waals surface area contributed by atoms with Crippen LogP contribution in [0.4, 0.5) is 0 Å². The van der Waals surface area contributed by atoms with Crippen molar-refractivity contribution >= 4 is 16.8 Å². The molecule has 0 spiro atoms. The van der Waals surface area contributed by atoms with Crippen molar-refractivity contribution in [2.24, 2.45) is 0 Å². The van der Waals surface area contributed by atoms with Crippen LogP contribution in [0.15, 0.2) is 30.3 Å². The van der Waals surface area contributed by atoms with Crippen molar-refractivity contribution in [2.45, 2.75) is 25.8 Å². The summed E-state index contributed by atoms with van der Waals surface area (Å²) in [5.41, 5.74) is 2.71. The Labute approximate surface area is 148 Å². The molecule has 0 radical (unpaired) electrons. The number of aryl methyl sites for hydroxylation is 1. The molecule has 2 aliphatic heterocycles. The summed E-state index contributed by atoms with van der Waals surface area (Å²) < 4.78 is 5.44. The van der Waals surface area contributed by atoms with Crippen LogP contribution < -0.4 is 0 Å². The maximum Gasteiger partial charge on any atom is 0.253 e. The van der Waals surface area contributed by atoms with Crippen molar-refractivity contribution in [3.05, 3.63) is 41.6 Å². The average Bonchev–Trinajstić information content (AvgIpc) is 2.68. The number of piperidine rings is 1. The lowest BCUT2D eigenvalue weighted by molar-refractivity contribution is 0.00159. The lowest BCUT2D eigenvalue weighted by atomic mass is 10.0. The van der Waals surface area contributed by atoms with Crippen LogP contribution in [0.3, 0.4) is 0 Å². The van der Waals surface area contributed by atoms with E-state index >= 15 is 0 Å². The first-order valence-electron chi connectivity index (χ1n) is 9.19. The van der Waals surface area contributed by atoms with E-state index in [0.29, 0.717) is 6.04 Å². The van der Waals surface area contributed by atoms with E-state index in [1.165, 1.54) is 0 Å². The Morgan fingerprint density at radius 2 is 1.84 bits per heavy atom. The third-order valence-corrected chi connectivity index (χ3v) is 5.39. The minimum absolute atomic E-state index is 0.142. The molecule has 0 atom stereocenters. The quantitative estimate of drug-likeness (QED) is 0.843. The number of amides is 1. The standard InChI is InChI=1S/C20H25N3O2/c1-15-2-3-16-14-17(4-5-19(16)21-15)20(24)23-8-6-18(7-9-23)22-10-12-25-13-11-22/h2-5,14,18H,6-13H2,1H3. The van der Waals surface area contributed by atoms with Gasteiger partial charge in [-0.1, -0.05) is 6.07 Å². The molecule has 25 heavy (non-hydrogen) atoms. The van der Waals surface area contributed by atoms with Gasteiger partial charge in [0.1, 0.15) is 0 Å². The molecule has 1 amide bonds. The van der Waals surface area contributed by atoms with Crippen LogP contribution in [0.5, 0.6) is 0 Å². The number of ether oxygens (including phenoxy) is 1. The lowest BCUT2D eigenvalue weighted by Crippen LogP contribution is -2.50. The highest BCUT2D eigenvalue weighted by Crippen LogP contribution is 2.21. The summed E-state index contributed by atoms with van der Waals surface area (Å²) in [6.07, 6.45) is 2.11. The monoisotopic (exact) mass is 339 g/mol. The second-order valence-corrected chi connectivity index (χ2v) is 7.03. The fourth-order valence-electron chi connectivity index (χ4n) is 3.92. The van der Waals surface area contributed by atoms with Crippen LogP contribution in [0.1, 0.15) is 28.9 Å². The third kappa shape index (κ3) is 3.53. The molecule has 3 heterocycles. The van der Waals surface area contributed by atoms with Crippen LogP contribution in [0, 0.1) is 6.92 Å². The number of hydrogen-bond acceptors (Lipinski definition) is 4. The molecule has 4 rings (SSSR count). The van der Waals surface area contributed by atoms with Gasteiger partial charge in [-0.25, -0.2) is 0 Å². The molecule has 2 saturated heterocycles. The second-order valence-electron chi connectivity index (χ2n) is 7.03. The molecule has 0 unspecified atom stereocenters. The number of morpholine rings is 1. The molecule has 2 aliphatic rings. The molecule has 2 fully saturated rings. The molecule has 2 aromatic rings. The van der Waals surface area contributed by atoms with E-state index in [0.717, 1.165) is 74.4 Å². The van der Waals surface area contributed by atoms with Gasteiger partial charge >= 0.3 is 0 Å². The van der Waals surface area contributed by atoms with E-state index in [1.54, 1.807) is 0 Å². The highest BCUT2D eigenvalue weighted by Gasteiger charge is 2.28. The number of carbonyl (C=O) groups is 1. The van der Waals surface area contributed by atoms with Gasteiger partial charge in [0.15, 0.2) is 0 Å². The highest BCUT2D eigenvalue weighted by molar-refractivity contribution is 5.98. The largest absolute Gasteiger partial charge is 0.379 e. The van der Waals surface area contributed by atoms with E-state index in [4.69, 9.17) is 4.74 Å². The number of nitrogens with zero attached hydrogens (tertiary/aromatic N) is 3. The first kappa shape index (κ1) is 16.5. The second kappa shape index (κ2) is 7.10. The summed E-state index contributed by atoms with van der Waals surface area (Å²) in [6.45, 7) is 7.38. The molecule has 1 aromatic heterocycles. The van der Waals surface area contributed by atoms with Crippen molar-refractivity contribution < 1.29 is 9.53 Å². The number of rotatable bonds is 2. The van der Waals surface area contributed by atoms with Gasteiger partial charge in [-0.15, -0.1) is 0 Å². The molecule has 0 N–H and O–H groups in total. The van der Waals surface area contributed by atoms with Gasteiger partial charge in [0, 0.05) is 48.9 Å². The number of likely N-dealkylation sites (tertiary alicyclic amines) is 1. The van der Waals surface area contributed by atoms with Gasteiger partial charge in [0.05, 0.1) is 18.7 Å². The molecule has 0 saturated carbocycles. The first-order valence-corrected chi connectivity index (χ1v) is 9.19. The smallest absolute Gasteiger partial charge is 0.253 e. The van der Waals surface area contributed by atoms with Crippen molar-refractivity contribution in [2.75, 3.05) is 39.4 Å². The van der Waals surface area contributed by atoms with Crippen LogP contribution in [-0.4, -0.2) is 66.1 Å². The SMILES string of the molecule is Cc1ccc2cc(C(=O)N3CCC(N4CCOCC4)CC3)ccc2n1. The summed E-state index contributed by atoms with van der Waals surface area (Å²) in [4.78, 5) is 21.9. The van der Waals surface area contributed by atoms with Gasteiger partial charge in [-0.2, -0.15) is 0 Å². The summed E-state index contributed by atoms with van der Waals surface area (Å²) in [5.74, 6) is 0.142. The molecule has 5 nitrogen and oxygen atoms in total. The number of aromatic nitrogens is 1. The minimum atomic E-state index is 0.142. The lowest BCUT2D eigenvalue weighted by Gasteiger charge is -2.40. The van der Waals surface area contributed by atoms with Crippen LogP contribution in [0.2, 0.25) is 0 Å². The van der Waals surface area contributed by atoms with E-state index in [-0.39, 0.29) is 5.91 Å². The fraction of sp³-hybridized carbons (Fsp3) is 0.500. The first-order chi connectivity index (χ1) is 12.2. The van der Waals surface area contributed by atoms with Crippen LogP contribution in [0.25, 0.3) is 10.9 Å². The van der Waals surface area contributed by atoms with Crippen molar-refractivity contribution in [3.63, 3.8) is 0 Å². The molecular formula is C20H25N3O2. The third-order valence-electron chi connectivity index (χ3n) is 5.39. The Hall–Kier alpha value is -1.98. The van der Waals surface area contributed by atoms with Gasteiger partial charge < -0.3 is 9.64 Å². The average molecular weight is 339 g/mol. The maximum absolute atomic E-state index is 12.9. The molecule has 0 bridgehead atoms. The molecular weight excluding hydrogens is 314 g/mol. The number of fused-ring (bicyclic) bond motifs is 1. The Kier molecular flexibility index (Phi) is 4.68. The fourth-order valence-corrected chi connectivity index (χ4v) is 3.92. The Balaban J connectivity index is 1.42. The van der Waals surface area contributed by atoms with Gasteiger partial charge in [-0.3, -0.25) is 14.7 Å². The Morgan fingerprint density at radius 1 is 1.08 bits per heavy atom. The molecule has 1 aromatic carbocycles. The van der Waals surface area contributed by atoms with E-state index in [9.17, 15) is 4.79 Å². The number of hydrogen-bond donors (Lipinski definition) is 0. The zero-order chi connectivity index (χ0) is 17.2. The molecule has 132 valence electrons. The normalized spacial score (nSPS) is 20.1. The van der Waals surface area contributed by atoms with E-state index in [1.807, 2.05) is 42.2 Å². The Morgan fingerprint density at radius 3 is 2.60 bits per heavy atom. The molecule has 5 heteroatoms. The van der Waals surface area contributed by atoms with E-state index in [2.05, 4.69) is 9.88 Å². The van der Waals surface area contributed by atoms with Gasteiger partial charge in [0.2, 0.25) is 0 Å².